The predicted molar refractivity (Wildman–Crippen MR) is 51.3 cm³/mol. The van der Waals surface area contributed by atoms with Crippen LogP contribution in [-0.2, 0) is 0 Å². The molecule has 0 nitrogen and oxygen atoms in total. The smallest absolute Gasteiger partial charge is 0.0887 e. The van der Waals surface area contributed by atoms with Crippen molar-refractivity contribution < 1.29 is 0 Å². The van der Waals surface area contributed by atoms with Gasteiger partial charge in [-0.15, -0.1) is 22.9 Å². The molecule has 0 bridgehead atoms. The summed E-state index contributed by atoms with van der Waals surface area (Å²) in [5, 5.41) is 0.793. The predicted octanol–water partition coefficient (Wildman–Crippen LogP) is 4.46. The molecule has 56 valence electrons. The molecule has 0 spiro atoms. The van der Waals surface area contributed by atoms with Crippen molar-refractivity contribution in [1.82, 2.24) is 0 Å². The normalized spacial score (nSPS) is 13.6. The van der Waals surface area contributed by atoms with Gasteiger partial charge in [-0.3, -0.25) is 0 Å². The summed E-state index contributed by atoms with van der Waals surface area (Å²) in [6.07, 6.45) is 0. The molecule has 4 heteroatoms. The summed E-state index contributed by atoms with van der Waals surface area (Å²) < 4.78 is 0.955. The van der Waals surface area contributed by atoms with Crippen LogP contribution in [0.1, 0.15) is 17.2 Å². The fourth-order valence-corrected chi connectivity index (χ4v) is 2.43. The van der Waals surface area contributed by atoms with Gasteiger partial charge in [0.25, 0.3) is 0 Å². The van der Waals surface area contributed by atoms with Crippen molar-refractivity contribution in [3.05, 3.63) is 19.8 Å². The van der Waals surface area contributed by atoms with Gasteiger partial charge in [0.05, 0.1) is 14.2 Å². The van der Waals surface area contributed by atoms with Gasteiger partial charge >= 0.3 is 0 Å². The highest BCUT2D eigenvalue weighted by molar-refractivity contribution is 9.11. The minimum absolute atomic E-state index is 0.0498. The molecule has 0 saturated carbocycles. The molecular formula is C6H5BrCl2S. The third kappa shape index (κ3) is 1.88. The Morgan fingerprint density at radius 1 is 1.70 bits per heavy atom. The van der Waals surface area contributed by atoms with Crippen LogP contribution in [0.15, 0.2) is 9.85 Å². The van der Waals surface area contributed by atoms with Gasteiger partial charge in [0.2, 0.25) is 0 Å². The van der Waals surface area contributed by atoms with Gasteiger partial charge in [0, 0.05) is 4.88 Å². The van der Waals surface area contributed by atoms with E-state index in [9.17, 15) is 0 Å². The van der Waals surface area contributed by atoms with Crippen LogP contribution in [0.3, 0.4) is 0 Å². The topological polar surface area (TPSA) is 0 Å². The second-order valence-electron chi connectivity index (χ2n) is 1.89. The summed E-state index contributed by atoms with van der Waals surface area (Å²) in [5.41, 5.74) is 0. The number of thiophene rings is 1. The van der Waals surface area contributed by atoms with Crippen LogP contribution in [0.5, 0.6) is 0 Å². The van der Waals surface area contributed by atoms with Gasteiger partial charge in [-0.05, 0) is 28.9 Å². The number of alkyl halides is 1. The van der Waals surface area contributed by atoms with Gasteiger partial charge < -0.3 is 0 Å². The molecule has 0 fully saturated rings. The maximum atomic E-state index is 5.82. The average molecular weight is 260 g/mol. The summed E-state index contributed by atoms with van der Waals surface area (Å²) in [4.78, 5) is 1.10. The zero-order valence-corrected chi connectivity index (χ0v) is 9.11. The summed E-state index contributed by atoms with van der Waals surface area (Å²) in [7, 11) is 0. The highest BCUT2D eigenvalue weighted by atomic mass is 79.9. The van der Waals surface area contributed by atoms with E-state index in [2.05, 4.69) is 15.9 Å². The summed E-state index contributed by atoms with van der Waals surface area (Å²) in [6, 6.07) is 1.88. The van der Waals surface area contributed by atoms with E-state index >= 15 is 0 Å². The molecule has 0 radical (unpaired) electrons. The van der Waals surface area contributed by atoms with E-state index in [-0.39, 0.29) is 5.38 Å². The van der Waals surface area contributed by atoms with Crippen molar-refractivity contribution >= 4 is 50.5 Å². The van der Waals surface area contributed by atoms with Gasteiger partial charge in [-0.1, -0.05) is 11.6 Å². The largest absolute Gasteiger partial charge is 0.130 e. The Balaban J connectivity index is 2.98. The van der Waals surface area contributed by atoms with E-state index in [0.717, 1.165) is 13.7 Å². The highest BCUT2D eigenvalue weighted by Crippen LogP contribution is 2.36. The van der Waals surface area contributed by atoms with E-state index in [1.165, 1.54) is 0 Å². The lowest BCUT2D eigenvalue weighted by Gasteiger charge is -1.93. The van der Waals surface area contributed by atoms with E-state index in [1.54, 1.807) is 11.3 Å². The number of halogens is 3. The first kappa shape index (κ1) is 8.85. The van der Waals surface area contributed by atoms with Crippen molar-refractivity contribution in [2.75, 3.05) is 0 Å². The van der Waals surface area contributed by atoms with Crippen molar-refractivity contribution in [2.45, 2.75) is 12.3 Å². The standard InChI is InChI=1S/C6H5BrCl2S/c1-3(8)5-2-4(9)6(7)10-5/h2-3H,1H3. The summed E-state index contributed by atoms with van der Waals surface area (Å²) in [5.74, 6) is 0. The number of hydrogen-bond acceptors (Lipinski definition) is 1. The van der Waals surface area contributed by atoms with Crippen LogP contribution in [0.2, 0.25) is 5.02 Å². The lowest BCUT2D eigenvalue weighted by molar-refractivity contribution is 1.12. The minimum atomic E-state index is 0.0498. The van der Waals surface area contributed by atoms with Crippen LogP contribution in [-0.4, -0.2) is 0 Å². The maximum Gasteiger partial charge on any atom is 0.0887 e. The summed E-state index contributed by atoms with van der Waals surface area (Å²) in [6.45, 7) is 1.93. The molecule has 0 aliphatic rings. The molecule has 0 saturated heterocycles. The third-order valence-corrected chi connectivity index (χ3v) is 4.08. The Kier molecular flexibility index (Phi) is 3.04. The average Bonchev–Trinajstić information content (AvgIpc) is 2.13. The lowest BCUT2D eigenvalue weighted by atomic mass is 10.4. The van der Waals surface area contributed by atoms with Crippen LogP contribution in [0.25, 0.3) is 0 Å². The Hall–Kier alpha value is 0.760. The van der Waals surface area contributed by atoms with Gasteiger partial charge in [0.1, 0.15) is 0 Å². The number of hydrogen-bond donors (Lipinski definition) is 0. The monoisotopic (exact) mass is 258 g/mol. The fourth-order valence-electron chi connectivity index (χ4n) is 0.559. The van der Waals surface area contributed by atoms with Gasteiger partial charge in [0.15, 0.2) is 0 Å². The Morgan fingerprint density at radius 3 is 2.50 bits per heavy atom. The molecule has 10 heavy (non-hydrogen) atoms. The zero-order valence-electron chi connectivity index (χ0n) is 5.20. The molecule has 1 aromatic rings. The fraction of sp³-hybridized carbons (Fsp3) is 0.333. The Morgan fingerprint density at radius 2 is 2.30 bits per heavy atom. The van der Waals surface area contributed by atoms with Crippen molar-refractivity contribution in [1.29, 1.82) is 0 Å². The first-order chi connectivity index (χ1) is 4.61. The maximum absolute atomic E-state index is 5.82. The van der Waals surface area contributed by atoms with E-state index in [0.29, 0.717) is 0 Å². The lowest BCUT2D eigenvalue weighted by Crippen LogP contribution is -1.72. The highest BCUT2D eigenvalue weighted by Gasteiger charge is 2.07. The van der Waals surface area contributed by atoms with Gasteiger partial charge in [-0.2, -0.15) is 0 Å². The van der Waals surface area contributed by atoms with E-state index in [4.69, 9.17) is 23.2 Å². The van der Waals surface area contributed by atoms with E-state index in [1.807, 2.05) is 13.0 Å². The molecule has 0 amide bonds. The molecule has 0 aliphatic heterocycles. The SMILES string of the molecule is CC(Cl)c1cc(Cl)c(Br)s1. The third-order valence-electron chi connectivity index (χ3n) is 1.06. The Bertz CT molecular complexity index is 212. The molecule has 1 rings (SSSR count). The molecule has 0 N–H and O–H groups in total. The Labute approximate surface area is 82.3 Å². The second kappa shape index (κ2) is 3.44. The van der Waals surface area contributed by atoms with Crippen LogP contribution in [0.4, 0.5) is 0 Å². The molecule has 1 atom stereocenters. The number of rotatable bonds is 1. The van der Waals surface area contributed by atoms with Crippen molar-refractivity contribution in [3.63, 3.8) is 0 Å². The molecule has 0 aromatic carbocycles. The first-order valence-corrected chi connectivity index (χ1v) is 5.12. The first-order valence-electron chi connectivity index (χ1n) is 2.70. The molecule has 1 heterocycles. The van der Waals surface area contributed by atoms with Crippen LogP contribution in [0, 0.1) is 0 Å². The van der Waals surface area contributed by atoms with E-state index < -0.39 is 0 Å². The van der Waals surface area contributed by atoms with Crippen molar-refractivity contribution in [3.8, 4) is 0 Å². The minimum Gasteiger partial charge on any atom is -0.130 e. The molecule has 0 aliphatic carbocycles. The van der Waals surface area contributed by atoms with Crippen molar-refractivity contribution in [2.24, 2.45) is 0 Å². The zero-order chi connectivity index (χ0) is 7.72. The van der Waals surface area contributed by atoms with Crippen LogP contribution >= 0.6 is 50.5 Å². The quantitative estimate of drug-likeness (QED) is 0.653. The molecule has 1 aromatic heterocycles. The van der Waals surface area contributed by atoms with Crippen LogP contribution < -0.4 is 0 Å². The molecule has 1 unspecified atom stereocenters. The summed E-state index contributed by atoms with van der Waals surface area (Å²) >= 11 is 16.5. The molecular weight excluding hydrogens is 255 g/mol. The second-order valence-corrected chi connectivity index (χ2v) is 5.35. The van der Waals surface area contributed by atoms with Gasteiger partial charge in [-0.25, -0.2) is 0 Å².